The summed E-state index contributed by atoms with van der Waals surface area (Å²) in [5.74, 6) is 0. The first-order valence-electron chi connectivity index (χ1n) is 14.5. The predicted molar refractivity (Wildman–Crippen MR) is 178 cm³/mol. The van der Waals surface area contributed by atoms with E-state index in [1.807, 2.05) is 24.3 Å². The fourth-order valence-electron chi connectivity index (χ4n) is 6.20. The molecule has 0 atom stereocenters. The Balaban J connectivity index is 1.21. The second-order valence-electron chi connectivity index (χ2n) is 10.9. The summed E-state index contributed by atoms with van der Waals surface area (Å²) in [7, 11) is 0. The minimum absolute atomic E-state index is 0.552. The molecule has 0 saturated carbocycles. The summed E-state index contributed by atoms with van der Waals surface area (Å²) in [6.45, 7) is 0. The van der Waals surface area contributed by atoms with Crippen molar-refractivity contribution in [2.24, 2.45) is 0 Å². The van der Waals surface area contributed by atoms with Crippen molar-refractivity contribution >= 4 is 32.7 Å². The highest BCUT2D eigenvalue weighted by Crippen LogP contribution is 2.41. The van der Waals surface area contributed by atoms with Crippen LogP contribution in [0.4, 0.5) is 0 Å². The van der Waals surface area contributed by atoms with Crippen molar-refractivity contribution < 1.29 is 4.42 Å². The molecule has 0 spiro atoms. The maximum atomic E-state index is 9.53. The molecule has 0 amide bonds. The topological polar surface area (TPSA) is 86.5 Å². The molecule has 0 aliphatic carbocycles. The molecule has 8 rings (SSSR count). The van der Waals surface area contributed by atoms with Crippen LogP contribution in [-0.2, 0) is 0 Å². The van der Waals surface area contributed by atoms with Gasteiger partial charge in [-0.05, 0) is 74.5 Å². The van der Waals surface area contributed by atoms with E-state index in [1.54, 1.807) is 24.8 Å². The number of furan rings is 1. The van der Waals surface area contributed by atoms with E-state index >= 15 is 0 Å². The van der Waals surface area contributed by atoms with E-state index in [1.165, 1.54) is 0 Å². The summed E-state index contributed by atoms with van der Waals surface area (Å²) in [6, 6.07) is 41.7. The smallest absolute Gasteiger partial charge is 0.136 e. The van der Waals surface area contributed by atoms with Crippen molar-refractivity contribution in [3.8, 4) is 56.6 Å². The first-order chi connectivity index (χ1) is 22.2. The summed E-state index contributed by atoms with van der Waals surface area (Å²) >= 11 is 0. The van der Waals surface area contributed by atoms with Gasteiger partial charge in [0.05, 0.1) is 11.1 Å². The Hall–Kier alpha value is -6.56. The zero-order valence-electron chi connectivity index (χ0n) is 23.9. The molecule has 8 aromatic rings. The quantitative estimate of drug-likeness (QED) is 0.209. The lowest BCUT2D eigenvalue weighted by molar-refractivity contribution is 0.669. The molecule has 5 heteroatoms. The van der Waals surface area contributed by atoms with Gasteiger partial charge in [0.25, 0.3) is 0 Å². The van der Waals surface area contributed by atoms with E-state index in [-0.39, 0.29) is 0 Å². The van der Waals surface area contributed by atoms with Gasteiger partial charge in [0.2, 0.25) is 0 Å². The molecular formula is C40H22N4O. The van der Waals surface area contributed by atoms with Crippen molar-refractivity contribution in [3.63, 3.8) is 0 Å². The Kier molecular flexibility index (Phi) is 6.16. The first-order valence-corrected chi connectivity index (χ1v) is 14.5. The Morgan fingerprint density at radius 1 is 0.467 bits per heavy atom. The van der Waals surface area contributed by atoms with E-state index in [4.69, 9.17) is 4.42 Å². The maximum absolute atomic E-state index is 9.53. The third-order valence-electron chi connectivity index (χ3n) is 8.40. The van der Waals surface area contributed by atoms with Crippen LogP contribution in [0.1, 0.15) is 11.1 Å². The summed E-state index contributed by atoms with van der Waals surface area (Å²) in [6.07, 6.45) is 6.61. The average molecular weight is 575 g/mol. The van der Waals surface area contributed by atoms with Gasteiger partial charge in [-0.2, -0.15) is 10.5 Å². The lowest BCUT2D eigenvalue weighted by Crippen LogP contribution is -1.87. The lowest BCUT2D eigenvalue weighted by Gasteiger charge is -2.10. The zero-order chi connectivity index (χ0) is 30.3. The normalized spacial score (nSPS) is 11.1. The number of nitrogens with zero attached hydrogens (tertiary/aromatic N) is 4. The fourth-order valence-corrected chi connectivity index (χ4v) is 6.20. The fraction of sp³-hybridized carbons (Fsp3) is 0. The summed E-state index contributed by atoms with van der Waals surface area (Å²) in [5.41, 5.74) is 10.7. The first kappa shape index (κ1) is 26.1. The SMILES string of the molecule is N#Cc1cnccc1-c1ccc(-c2ccc3c(c2)oc2cc(-c4ccc(-c5ccncc5C#N)cc4)c4ccccc4c23)cc1. The Morgan fingerprint density at radius 2 is 1.00 bits per heavy atom. The van der Waals surface area contributed by atoms with Crippen LogP contribution < -0.4 is 0 Å². The number of nitriles is 2. The molecule has 0 radical (unpaired) electrons. The van der Waals surface area contributed by atoms with Gasteiger partial charge in [0, 0.05) is 46.7 Å². The molecule has 0 fully saturated rings. The Labute approximate surface area is 258 Å². The molecule has 0 N–H and O–H groups in total. The predicted octanol–water partition coefficient (Wildman–Crippen LogP) is 9.94. The molecule has 3 heterocycles. The van der Waals surface area contributed by atoms with Crippen LogP contribution in [0.15, 0.2) is 138 Å². The van der Waals surface area contributed by atoms with Gasteiger partial charge in [-0.1, -0.05) is 78.9 Å². The van der Waals surface area contributed by atoms with Crippen LogP contribution in [-0.4, -0.2) is 9.97 Å². The maximum Gasteiger partial charge on any atom is 0.136 e. The molecule has 0 bridgehead atoms. The molecule has 3 aromatic heterocycles. The second kappa shape index (κ2) is 10.6. The standard InChI is InChI=1S/C40H22N4O/c41-21-30-23-43-17-15-32(30)26-7-5-25(6-8-26)29-13-14-36-38(19-29)45-39-20-37(34-3-1-2-4-35(34)40(36)39)28-11-9-27(10-12-28)33-16-18-44-24-31(33)22-42/h1-20,23-24H. The Morgan fingerprint density at radius 3 is 1.60 bits per heavy atom. The third-order valence-corrected chi connectivity index (χ3v) is 8.40. The van der Waals surface area contributed by atoms with Crippen LogP contribution in [0.2, 0.25) is 0 Å². The number of hydrogen-bond acceptors (Lipinski definition) is 5. The molecule has 5 nitrogen and oxygen atoms in total. The number of rotatable bonds is 4. The van der Waals surface area contributed by atoms with Crippen molar-refractivity contribution in [3.05, 3.63) is 145 Å². The van der Waals surface area contributed by atoms with E-state index in [2.05, 4.69) is 107 Å². The highest BCUT2D eigenvalue weighted by Gasteiger charge is 2.16. The van der Waals surface area contributed by atoms with Gasteiger partial charge in [-0.15, -0.1) is 0 Å². The van der Waals surface area contributed by atoms with Gasteiger partial charge in [0.1, 0.15) is 23.3 Å². The molecule has 0 unspecified atom stereocenters. The van der Waals surface area contributed by atoms with E-state index < -0.39 is 0 Å². The Bertz CT molecular complexity index is 2500. The van der Waals surface area contributed by atoms with Crippen LogP contribution in [0.3, 0.4) is 0 Å². The highest BCUT2D eigenvalue weighted by atomic mass is 16.3. The van der Waals surface area contributed by atoms with E-state index in [9.17, 15) is 10.5 Å². The second-order valence-corrected chi connectivity index (χ2v) is 10.9. The lowest BCUT2D eigenvalue weighted by atomic mass is 9.93. The molecule has 45 heavy (non-hydrogen) atoms. The molecule has 0 aliphatic rings. The minimum Gasteiger partial charge on any atom is -0.456 e. The number of aromatic nitrogens is 2. The molecule has 0 aliphatic heterocycles. The molecular weight excluding hydrogens is 552 g/mol. The minimum atomic E-state index is 0.552. The summed E-state index contributed by atoms with van der Waals surface area (Å²) in [5, 5.41) is 23.5. The van der Waals surface area contributed by atoms with Gasteiger partial charge in [-0.3, -0.25) is 9.97 Å². The summed E-state index contributed by atoms with van der Waals surface area (Å²) < 4.78 is 6.55. The van der Waals surface area contributed by atoms with Crippen molar-refractivity contribution in [1.82, 2.24) is 9.97 Å². The highest BCUT2D eigenvalue weighted by molar-refractivity contribution is 6.22. The molecule has 208 valence electrons. The van der Waals surface area contributed by atoms with Crippen LogP contribution in [0.5, 0.6) is 0 Å². The average Bonchev–Trinajstić information content (AvgIpc) is 3.49. The van der Waals surface area contributed by atoms with Crippen molar-refractivity contribution in [2.45, 2.75) is 0 Å². The third kappa shape index (κ3) is 4.39. The number of pyridine rings is 2. The van der Waals surface area contributed by atoms with Crippen LogP contribution in [0, 0.1) is 22.7 Å². The largest absolute Gasteiger partial charge is 0.456 e. The molecule has 0 saturated heterocycles. The molecule has 5 aromatic carbocycles. The summed E-state index contributed by atoms with van der Waals surface area (Å²) in [4.78, 5) is 8.16. The van der Waals surface area contributed by atoms with Crippen LogP contribution in [0.25, 0.3) is 77.2 Å². The zero-order valence-corrected chi connectivity index (χ0v) is 23.9. The van der Waals surface area contributed by atoms with Gasteiger partial charge >= 0.3 is 0 Å². The number of fused-ring (bicyclic) bond motifs is 5. The van der Waals surface area contributed by atoms with E-state index in [0.29, 0.717) is 11.1 Å². The van der Waals surface area contributed by atoms with Gasteiger partial charge < -0.3 is 4.42 Å². The van der Waals surface area contributed by atoms with Crippen LogP contribution >= 0.6 is 0 Å². The van der Waals surface area contributed by atoms with Gasteiger partial charge in [-0.25, -0.2) is 0 Å². The van der Waals surface area contributed by atoms with Crippen molar-refractivity contribution in [1.29, 1.82) is 10.5 Å². The number of benzene rings is 5. The van der Waals surface area contributed by atoms with Gasteiger partial charge in [0.15, 0.2) is 0 Å². The van der Waals surface area contributed by atoms with E-state index in [0.717, 1.165) is 77.2 Å². The van der Waals surface area contributed by atoms with Crippen molar-refractivity contribution in [2.75, 3.05) is 0 Å². The number of hydrogen-bond donors (Lipinski definition) is 0. The monoisotopic (exact) mass is 574 g/mol.